The molecule has 6 aliphatic rings. The molecule has 208 valence electrons. The first kappa shape index (κ1) is 26.7. The summed E-state index contributed by atoms with van der Waals surface area (Å²) in [5.74, 6) is 0.130. The van der Waals surface area contributed by atoms with Crippen molar-refractivity contribution >= 4 is 23.4 Å². The minimum atomic E-state index is -0.665. The molecule has 39 heavy (non-hydrogen) atoms. The van der Waals surface area contributed by atoms with Gasteiger partial charge in [0.15, 0.2) is 11.6 Å². The summed E-state index contributed by atoms with van der Waals surface area (Å²) in [6.45, 7) is 12.8. The van der Waals surface area contributed by atoms with Crippen LogP contribution in [-0.2, 0) is 19.2 Å². The van der Waals surface area contributed by atoms with E-state index in [0.717, 1.165) is 44.1 Å². The summed E-state index contributed by atoms with van der Waals surface area (Å²) in [6.07, 6.45) is 10.6. The Hall–Kier alpha value is -2.55. The lowest BCUT2D eigenvalue weighted by Crippen LogP contribution is -2.62. The van der Waals surface area contributed by atoms with Gasteiger partial charge in [-0.05, 0) is 86.5 Å². The van der Waals surface area contributed by atoms with E-state index in [2.05, 4.69) is 33.8 Å². The first-order chi connectivity index (χ1) is 18.1. The third kappa shape index (κ3) is 3.31. The van der Waals surface area contributed by atoms with Crippen LogP contribution in [0.25, 0.3) is 0 Å². The van der Waals surface area contributed by atoms with E-state index in [-0.39, 0.29) is 63.5 Å². The molecule has 0 bridgehead atoms. The molecule has 1 unspecified atom stereocenters. The van der Waals surface area contributed by atoms with Crippen LogP contribution in [0.5, 0.6) is 0 Å². The Bertz CT molecular complexity index is 1300. The smallest absolute Gasteiger partial charge is 0.230 e. The van der Waals surface area contributed by atoms with Gasteiger partial charge in [-0.2, -0.15) is 5.26 Å². The highest BCUT2D eigenvalue weighted by molar-refractivity contribution is 6.05. The average molecular weight is 531 g/mol. The number of Topliss-reactive ketones (excluding diaryl/α,β-unsaturated/α-hetero) is 1. The van der Waals surface area contributed by atoms with Crippen LogP contribution in [0.3, 0.4) is 0 Å². The lowest BCUT2D eigenvalue weighted by atomic mass is 9.39. The van der Waals surface area contributed by atoms with E-state index in [1.165, 1.54) is 0 Å². The molecule has 1 heterocycles. The van der Waals surface area contributed by atoms with E-state index in [9.17, 15) is 24.4 Å². The maximum absolute atomic E-state index is 14.3. The standard InChI is InChI=1S/C33H42N2O4/c1-29(2)23-10-12-32(5)20-9-11-30(3)13-14-31(4,35-25(37)7-8-26(35)38)17-21(30)27(20)22(36)15-24(32)33(23,6)16-19(18-34)28(29)39/h15-16,20-21,23,27H,7-14,17H2,1-6H3/t20?,21-,23-,27-,30-,31-,32-,33-/m0/s1. The molecule has 3 saturated carbocycles. The van der Waals surface area contributed by atoms with Gasteiger partial charge in [0.05, 0.1) is 5.57 Å². The molecular formula is C33H42N2O4. The molecule has 4 fully saturated rings. The molecule has 0 aromatic heterocycles. The van der Waals surface area contributed by atoms with E-state index >= 15 is 0 Å². The molecular weight excluding hydrogens is 488 g/mol. The number of likely N-dealkylation sites (tertiary alicyclic amines) is 1. The Balaban J connectivity index is 1.44. The fourth-order valence-corrected chi connectivity index (χ4v) is 10.7. The molecule has 6 rings (SSSR count). The predicted molar refractivity (Wildman–Crippen MR) is 146 cm³/mol. The zero-order valence-corrected chi connectivity index (χ0v) is 24.4. The van der Waals surface area contributed by atoms with Crippen LogP contribution in [0.2, 0.25) is 0 Å². The average Bonchev–Trinajstić information content (AvgIpc) is 3.21. The van der Waals surface area contributed by atoms with E-state index in [4.69, 9.17) is 0 Å². The molecule has 1 saturated heterocycles. The minimum absolute atomic E-state index is 0.0120. The second-order valence-corrected chi connectivity index (χ2v) is 15.2. The number of ketones is 2. The van der Waals surface area contributed by atoms with Gasteiger partial charge < -0.3 is 0 Å². The Kier molecular flexibility index (Phi) is 5.48. The van der Waals surface area contributed by atoms with Crippen LogP contribution in [-0.4, -0.2) is 33.8 Å². The molecule has 0 spiro atoms. The van der Waals surface area contributed by atoms with Gasteiger partial charge in [0.1, 0.15) is 6.07 Å². The van der Waals surface area contributed by atoms with E-state index in [0.29, 0.717) is 19.3 Å². The summed E-state index contributed by atoms with van der Waals surface area (Å²) in [5, 5.41) is 9.85. The van der Waals surface area contributed by atoms with Crippen molar-refractivity contribution in [3.63, 3.8) is 0 Å². The van der Waals surface area contributed by atoms with Crippen LogP contribution in [0.4, 0.5) is 0 Å². The molecule has 0 aromatic rings. The fraction of sp³-hybridized carbons (Fsp3) is 0.727. The van der Waals surface area contributed by atoms with Crippen molar-refractivity contribution in [2.45, 2.75) is 105 Å². The number of hydrogen-bond donors (Lipinski definition) is 0. The largest absolute Gasteiger partial charge is 0.295 e. The van der Waals surface area contributed by atoms with E-state index in [1.54, 1.807) is 4.90 Å². The molecule has 6 heteroatoms. The Morgan fingerprint density at radius 3 is 2.18 bits per heavy atom. The predicted octanol–water partition coefficient (Wildman–Crippen LogP) is 5.72. The van der Waals surface area contributed by atoms with Gasteiger partial charge in [0.2, 0.25) is 11.8 Å². The van der Waals surface area contributed by atoms with Crippen molar-refractivity contribution in [2.24, 2.45) is 45.3 Å². The molecule has 2 amide bonds. The molecule has 0 aromatic carbocycles. The number of imide groups is 1. The minimum Gasteiger partial charge on any atom is -0.295 e. The Morgan fingerprint density at radius 2 is 1.54 bits per heavy atom. The Morgan fingerprint density at radius 1 is 0.872 bits per heavy atom. The van der Waals surface area contributed by atoms with Crippen molar-refractivity contribution in [3.05, 3.63) is 23.3 Å². The van der Waals surface area contributed by atoms with Crippen LogP contribution in [0.15, 0.2) is 23.3 Å². The highest BCUT2D eigenvalue weighted by Gasteiger charge is 2.66. The van der Waals surface area contributed by atoms with Gasteiger partial charge in [0.25, 0.3) is 0 Å². The monoisotopic (exact) mass is 530 g/mol. The first-order valence-corrected chi connectivity index (χ1v) is 14.9. The van der Waals surface area contributed by atoms with Crippen LogP contribution in [0.1, 0.15) is 99.3 Å². The number of carbonyl (C=O) groups is 4. The number of allylic oxidation sites excluding steroid dienone is 4. The summed E-state index contributed by atoms with van der Waals surface area (Å²) >= 11 is 0. The van der Waals surface area contributed by atoms with Crippen molar-refractivity contribution in [3.8, 4) is 6.07 Å². The van der Waals surface area contributed by atoms with Gasteiger partial charge >= 0.3 is 0 Å². The number of amides is 2. The zero-order chi connectivity index (χ0) is 28.3. The number of carbonyl (C=O) groups excluding carboxylic acids is 4. The summed E-state index contributed by atoms with van der Waals surface area (Å²) in [5.41, 5.74) is -0.586. The SMILES string of the molecule is CC1(C)C(=O)C(C#N)=C[C@]2(C)C3=CC(=O)[C@H]4C(CC[C@@]5(C)CC[C@](C)(N6C(=O)CCC6=O)C[C@@H]45)[C@]3(C)CC[C@@H]12. The summed E-state index contributed by atoms with van der Waals surface area (Å²) in [7, 11) is 0. The normalized spacial score (nSPS) is 46.8. The maximum Gasteiger partial charge on any atom is 0.230 e. The number of fused-ring (bicyclic) bond motifs is 7. The van der Waals surface area contributed by atoms with Gasteiger partial charge in [-0.25, -0.2) is 0 Å². The Labute approximate surface area is 232 Å². The lowest BCUT2D eigenvalue weighted by molar-refractivity contribution is -0.158. The number of nitriles is 1. The van der Waals surface area contributed by atoms with Gasteiger partial charge in [0, 0.05) is 35.1 Å². The molecule has 6 nitrogen and oxygen atoms in total. The first-order valence-electron chi connectivity index (χ1n) is 14.9. The lowest BCUT2D eigenvalue weighted by Gasteiger charge is -2.65. The van der Waals surface area contributed by atoms with Gasteiger partial charge in [-0.1, -0.05) is 46.3 Å². The third-order valence-electron chi connectivity index (χ3n) is 12.8. The van der Waals surface area contributed by atoms with Crippen molar-refractivity contribution in [2.75, 3.05) is 0 Å². The highest BCUT2D eigenvalue weighted by Crippen LogP contribution is 2.70. The van der Waals surface area contributed by atoms with Crippen molar-refractivity contribution in [1.29, 1.82) is 5.26 Å². The van der Waals surface area contributed by atoms with Crippen molar-refractivity contribution < 1.29 is 19.2 Å². The van der Waals surface area contributed by atoms with E-state index in [1.807, 2.05) is 26.0 Å². The number of rotatable bonds is 1. The topological polar surface area (TPSA) is 95.3 Å². The van der Waals surface area contributed by atoms with Gasteiger partial charge in [-0.3, -0.25) is 24.1 Å². The number of nitrogens with zero attached hydrogens (tertiary/aromatic N) is 2. The highest BCUT2D eigenvalue weighted by atomic mass is 16.2. The fourth-order valence-electron chi connectivity index (χ4n) is 10.7. The van der Waals surface area contributed by atoms with Crippen LogP contribution < -0.4 is 0 Å². The third-order valence-corrected chi connectivity index (χ3v) is 12.8. The molecule has 0 N–H and O–H groups in total. The zero-order valence-electron chi connectivity index (χ0n) is 24.4. The summed E-state index contributed by atoms with van der Waals surface area (Å²) in [4.78, 5) is 54.6. The van der Waals surface area contributed by atoms with Gasteiger partial charge in [-0.15, -0.1) is 0 Å². The quantitative estimate of drug-likeness (QED) is 0.404. The molecule has 1 aliphatic heterocycles. The molecule has 0 radical (unpaired) electrons. The molecule has 8 atom stereocenters. The second-order valence-electron chi connectivity index (χ2n) is 15.2. The van der Waals surface area contributed by atoms with Crippen molar-refractivity contribution in [1.82, 2.24) is 4.90 Å². The summed E-state index contributed by atoms with van der Waals surface area (Å²) < 4.78 is 0. The molecule has 5 aliphatic carbocycles. The number of hydrogen-bond acceptors (Lipinski definition) is 5. The van der Waals surface area contributed by atoms with Crippen LogP contribution >= 0.6 is 0 Å². The maximum atomic E-state index is 14.3. The second kappa shape index (κ2) is 8.02. The van der Waals surface area contributed by atoms with E-state index < -0.39 is 16.4 Å². The van der Waals surface area contributed by atoms with Crippen LogP contribution in [0, 0.1) is 56.7 Å². The summed E-state index contributed by atoms with van der Waals surface area (Å²) in [6, 6.07) is 2.17.